The predicted molar refractivity (Wildman–Crippen MR) is 69.2 cm³/mol. The van der Waals surface area contributed by atoms with Crippen LogP contribution in [0.4, 0.5) is 18.0 Å². The molecule has 1 rings (SSSR count). The molecule has 1 aliphatic rings. The molecule has 0 spiro atoms. The first-order chi connectivity index (χ1) is 9.12. The summed E-state index contributed by atoms with van der Waals surface area (Å²) >= 11 is 0. The van der Waals surface area contributed by atoms with E-state index in [1.807, 2.05) is 20.8 Å². The Labute approximate surface area is 117 Å². The van der Waals surface area contributed by atoms with E-state index in [9.17, 15) is 23.1 Å². The van der Waals surface area contributed by atoms with Crippen LogP contribution >= 0.6 is 0 Å². The second-order valence-electron chi connectivity index (χ2n) is 5.79. The summed E-state index contributed by atoms with van der Waals surface area (Å²) in [7, 11) is 0. The molecule has 2 N–H and O–H groups in total. The van der Waals surface area contributed by atoms with Crippen molar-refractivity contribution in [1.82, 2.24) is 10.2 Å². The van der Waals surface area contributed by atoms with E-state index in [2.05, 4.69) is 5.32 Å². The summed E-state index contributed by atoms with van der Waals surface area (Å²) in [4.78, 5) is 13.4. The number of aliphatic hydroxyl groups excluding tert-OH is 1. The van der Waals surface area contributed by atoms with Gasteiger partial charge in [0.05, 0.1) is 0 Å². The summed E-state index contributed by atoms with van der Waals surface area (Å²) in [6.45, 7) is 6.35. The van der Waals surface area contributed by atoms with Crippen molar-refractivity contribution in [2.45, 2.75) is 51.9 Å². The van der Waals surface area contributed by atoms with Crippen molar-refractivity contribution >= 4 is 6.03 Å². The maximum absolute atomic E-state index is 12.4. The maximum atomic E-state index is 12.4. The normalized spacial score (nSPS) is 20.9. The highest BCUT2D eigenvalue weighted by atomic mass is 19.4. The summed E-state index contributed by atoms with van der Waals surface area (Å²) in [5, 5.41) is 12.0. The molecular weight excluding hydrogens is 273 g/mol. The van der Waals surface area contributed by atoms with E-state index in [0.29, 0.717) is 5.92 Å². The van der Waals surface area contributed by atoms with Gasteiger partial charge < -0.3 is 15.3 Å². The molecule has 1 fully saturated rings. The molecule has 0 bridgehead atoms. The summed E-state index contributed by atoms with van der Waals surface area (Å²) < 4.78 is 37.2. The fourth-order valence-electron chi connectivity index (χ4n) is 2.14. The van der Waals surface area contributed by atoms with E-state index in [0.717, 1.165) is 0 Å². The Morgan fingerprint density at radius 2 is 1.75 bits per heavy atom. The van der Waals surface area contributed by atoms with Gasteiger partial charge in [-0.25, -0.2) is 4.79 Å². The Morgan fingerprint density at radius 3 is 2.15 bits per heavy atom. The number of hydrogen-bond donors (Lipinski definition) is 2. The Bertz CT molecular complexity index is 326. The number of aliphatic hydroxyl groups is 1. The lowest BCUT2D eigenvalue weighted by molar-refractivity contribution is -0.222. The Balaban J connectivity index is 2.44. The van der Waals surface area contributed by atoms with E-state index in [1.54, 1.807) is 0 Å². The van der Waals surface area contributed by atoms with E-state index in [-0.39, 0.29) is 38.0 Å². The molecular formula is C13H23F3N2O2. The topological polar surface area (TPSA) is 52.6 Å². The molecule has 0 aromatic rings. The first-order valence-corrected chi connectivity index (χ1v) is 6.93. The smallest absolute Gasteiger partial charge is 0.383 e. The summed E-state index contributed by atoms with van der Waals surface area (Å²) in [6, 6.07) is -0.230. The molecule has 2 unspecified atom stereocenters. The Kier molecular flexibility index (Phi) is 5.68. The third kappa shape index (κ3) is 4.54. The van der Waals surface area contributed by atoms with E-state index >= 15 is 0 Å². The van der Waals surface area contributed by atoms with Gasteiger partial charge in [-0.05, 0) is 31.6 Å². The Morgan fingerprint density at radius 1 is 1.25 bits per heavy atom. The number of urea groups is 1. The minimum Gasteiger partial charge on any atom is -0.383 e. The number of nitrogens with one attached hydrogen (secondary N) is 1. The number of carbonyl (C=O) groups is 1. The van der Waals surface area contributed by atoms with Gasteiger partial charge >= 0.3 is 12.2 Å². The SMILES string of the molecule is CC(C)C(C)NC(=O)N1CCC(C(O)C(F)(F)F)CC1. The van der Waals surface area contributed by atoms with Gasteiger partial charge in [-0.2, -0.15) is 13.2 Å². The van der Waals surface area contributed by atoms with E-state index in [4.69, 9.17) is 0 Å². The fourth-order valence-corrected chi connectivity index (χ4v) is 2.14. The zero-order chi connectivity index (χ0) is 15.5. The highest BCUT2D eigenvalue weighted by Gasteiger charge is 2.44. The van der Waals surface area contributed by atoms with Crippen LogP contribution in [0.25, 0.3) is 0 Å². The zero-order valence-corrected chi connectivity index (χ0v) is 12.1. The molecule has 2 atom stereocenters. The molecule has 0 aromatic carbocycles. The largest absolute Gasteiger partial charge is 0.414 e. The second-order valence-corrected chi connectivity index (χ2v) is 5.79. The van der Waals surface area contributed by atoms with Gasteiger partial charge in [0.2, 0.25) is 0 Å². The highest BCUT2D eigenvalue weighted by molar-refractivity contribution is 5.74. The van der Waals surface area contributed by atoms with Crippen LogP contribution in [0, 0.1) is 11.8 Å². The Hall–Kier alpha value is -0.980. The van der Waals surface area contributed by atoms with Gasteiger partial charge in [0.1, 0.15) is 0 Å². The van der Waals surface area contributed by atoms with Gasteiger partial charge in [-0.3, -0.25) is 0 Å². The lowest BCUT2D eigenvalue weighted by Gasteiger charge is -2.35. The van der Waals surface area contributed by atoms with Crippen LogP contribution in [0.1, 0.15) is 33.6 Å². The predicted octanol–water partition coefficient (Wildman–Crippen LogP) is 2.38. The molecule has 0 radical (unpaired) electrons. The number of carbonyl (C=O) groups excluding carboxylic acids is 1. The van der Waals surface area contributed by atoms with Crippen LogP contribution in [0.3, 0.4) is 0 Å². The lowest BCUT2D eigenvalue weighted by Crippen LogP contribution is -2.50. The molecule has 2 amide bonds. The zero-order valence-electron chi connectivity index (χ0n) is 12.1. The van der Waals surface area contributed by atoms with Gasteiger partial charge in [0, 0.05) is 19.1 Å². The minimum absolute atomic E-state index is 0.0148. The van der Waals surface area contributed by atoms with Crippen molar-refractivity contribution in [3.63, 3.8) is 0 Å². The number of alkyl halides is 3. The van der Waals surface area contributed by atoms with Crippen LogP contribution < -0.4 is 5.32 Å². The molecule has 0 aromatic heterocycles. The second kappa shape index (κ2) is 6.65. The van der Waals surface area contributed by atoms with Crippen molar-refractivity contribution in [1.29, 1.82) is 0 Å². The van der Waals surface area contributed by atoms with Crippen LogP contribution in [-0.2, 0) is 0 Å². The molecule has 0 aliphatic carbocycles. The molecule has 4 nitrogen and oxygen atoms in total. The number of halogens is 3. The van der Waals surface area contributed by atoms with Gasteiger partial charge in [0.15, 0.2) is 6.10 Å². The number of likely N-dealkylation sites (tertiary alicyclic amines) is 1. The number of amides is 2. The van der Waals surface area contributed by atoms with Gasteiger partial charge in [0.25, 0.3) is 0 Å². The highest BCUT2D eigenvalue weighted by Crippen LogP contribution is 2.31. The monoisotopic (exact) mass is 296 g/mol. The fraction of sp³-hybridized carbons (Fsp3) is 0.923. The average Bonchev–Trinajstić information content (AvgIpc) is 2.36. The number of hydrogen-bond acceptors (Lipinski definition) is 2. The molecule has 20 heavy (non-hydrogen) atoms. The number of nitrogens with zero attached hydrogens (tertiary/aromatic N) is 1. The molecule has 1 aliphatic heterocycles. The molecule has 118 valence electrons. The van der Waals surface area contributed by atoms with Crippen molar-refractivity contribution in [2.24, 2.45) is 11.8 Å². The molecule has 7 heteroatoms. The third-order valence-corrected chi connectivity index (χ3v) is 3.96. The third-order valence-electron chi connectivity index (χ3n) is 3.96. The molecule has 1 heterocycles. The van der Waals surface area contributed by atoms with Crippen LogP contribution in [-0.4, -0.2) is 47.4 Å². The summed E-state index contributed by atoms with van der Waals surface area (Å²) in [6.07, 6.45) is -6.53. The van der Waals surface area contributed by atoms with Crippen molar-refractivity contribution in [3.05, 3.63) is 0 Å². The standard InChI is InChI=1S/C13H23F3N2O2/c1-8(2)9(3)17-12(20)18-6-4-10(5-7-18)11(19)13(14,15)16/h8-11,19H,4-7H2,1-3H3,(H,17,20). The number of rotatable bonds is 3. The average molecular weight is 296 g/mol. The molecule has 1 saturated heterocycles. The first kappa shape index (κ1) is 17.1. The maximum Gasteiger partial charge on any atom is 0.414 e. The number of piperidine rings is 1. The summed E-state index contributed by atoms with van der Waals surface area (Å²) in [5.74, 6) is -0.523. The van der Waals surface area contributed by atoms with Crippen LogP contribution in [0.5, 0.6) is 0 Å². The van der Waals surface area contributed by atoms with Crippen LogP contribution in [0.2, 0.25) is 0 Å². The van der Waals surface area contributed by atoms with Crippen molar-refractivity contribution < 1.29 is 23.1 Å². The van der Waals surface area contributed by atoms with Gasteiger partial charge in [-0.1, -0.05) is 13.8 Å². The van der Waals surface area contributed by atoms with Crippen molar-refractivity contribution in [3.8, 4) is 0 Å². The van der Waals surface area contributed by atoms with E-state index < -0.39 is 18.2 Å². The van der Waals surface area contributed by atoms with Gasteiger partial charge in [-0.15, -0.1) is 0 Å². The van der Waals surface area contributed by atoms with E-state index in [1.165, 1.54) is 4.90 Å². The quantitative estimate of drug-likeness (QED) is 0.840. The first-order valence-electron chi connectivity index (χ1n) is 6.93. The minimum atomic E-state index is -4.58. The summed E-state index contributed by atoms with van der Waals surface area (Å²) in [5.41, 5.74) is 0. The van der Waals surface area contributed by atoms with Crippen LogP contribution in [0.15, 0.2) is 0 Å². The lowest BCUT2D eigenvalue weighted by atomic mass is 9.91. The molecule has 0 saturated carbocycles. The van der Waals surface area contributed by atoms with Crippen molar-refractivity contribution in [2.75, 3.05) is 13.1 Å².